The molecule has 0 fully saturated rings. The number of aromatic nitrogens is 3. The van der Waals surface area contributed by atoms with Gasteiger partial charge in [0.25, 0.3) is 0 Å². The largest absolute Gasteiger partial charge is 0.481 e. The van der Waals surface area contributed by atoms with Crippen LogP contribution in [0.2, 0.25) is 0 Å². The van der Waals surface area contributed by atoms with E-state index in [2.05, 4.69) is 15.5 Å². The van der Waals surface area contributed by atoms with Crippen LogP contribution in [0.4, 0.5) is 5.95 Å². The van der Waals surface area contributed by atoms with Gasteiger partial charge in [0.1, 0.15) is 5.82 Å². The summed E-state index contributed by atoms with van der Waals surface area (Å²) in [5.74, 6) is 0.530. The fourth-order valence-corrected chi connectivity index (χ4v) is 1.18. The standard InChI is InChI=1S/C9H16N4O2/c1-6(2)10-9-12-11-7(13(9)3)4-5-8(14)15/h6H,4-5H2,1-3H3,(H,10,12)(H,14,15). The molecule has 1 aromatic heterocycles. The Morgan fingerprint density at radius 2 is 2.20 bits per heavy atom. The maximum absolute atomic E-state index is 10.4. The first-order valence-corrected chi connectivity index (χ1v) is 4.87. The van der Waals surface area contributed by atoms with Crippen LogP contribution in [0, 0.1) is 0 Å². The summed E-state index contributed by atoms with van der Waals surface area (Å²) in [4.78, 5) is 10.4. The molecule has 6 heteroatoms. The van der Waals surface area contributed by atoms with Crippen molar-refractivity contribution in [2.45, 2.75) is 32.7 Å². The van der Waals surface area contributed by atoms with Gasteiger partial charge in [0.15, 0.2) is 0 Å². The number of aliphatic carboxylic acids is 1. The molecule has 1 heterocycles. The van der Waals surface area contributed by atoms with Crippen molar-refractivity contribution in [3.05, 3.63) is 5.82 Å². The number of carbonyl (C=O) groups is 1. The van der Waals surface area contributed by atoms with E-state index < -0.39 is 5.97 Å². The number of aryl methyl sites for hydroxylation is 1. The minimum atomic E-state index is -0.823. The molecule has 0 unspecified atom stereocenters. The van der Waals surface area contributed by atoms with Crippen molar-refractivity contribution in [2.24, 2.45) is 7.05 Å². The van der Waals surface area contributed by atoms with Crippen LogP contribution >= 0.6 is 0 Å². The van der Waals surface area contributed by atoms with Gasteiger partial charge in [-0.1, -0.05) is 0 Å². The molecule has 0 radical (unpaired) electrons. The fourth-order valence-electron chi connectivity index (χ4n) is 1.18. The van der Waals surface area contributed by atoms with Crippen LogP contribution < -0.4 is 5.32 Å². The first-order valence-electron chi connectivity index (χ1n) is 4.87. The lowest BCUT2D eigenvalue weighted by atomic mass is 10.3. The zero-order valence-corrected chi connectivity index (χ0v) is 9.19. The molecule has 0 aliphatic rings. The van der Waals surface area contributed by atoms with E-state index in [1.807, 2.05) is 20.9 Å². The SMILES string of the molecule is CC(C)Nc1nnc(CCC(=O)O)n1C. The van der Waals surface area contributed by atoms with Crippen LogP contribution in [0.3, 0.4) is 0 Å². The summed E-state index contributed by atoms with van der Waals surface area (Å²) in [6.07, 6.45) is 0.478. The third-order valence-corrected chi connectivity index (χ3v) is 1.95. The number of rotatable bonds is 5. The lowest BCUT2D eigenvalue weighted by Crippen LogP contribution is -2.14. The summed E-state index contributed by atoms with van der Waals surface area (Å²) in [7, 11) is 1.82. The number of anilines is 1. The molecule has 0 aromatic carbocycles. The van der Waals surface area contributed by atoms with Crippen molar-refractivity contribution in [2.75, 3.05) is 5.32 Å². The predicted molar refractivity (Wildman–Crippen MR) is 55.7 cm³/mol. The predicted octanol–water partition coefficient (Wildman–Crippen LogP) is 0.653. The highest BCUT2D eigenvalue weighted by Gasteiger charge is 2.10. The van der Waals surface area contributed by atoms with E-state index in [-0.39, 0.29) is 12.5 Å². The second-order valence-electron chi connectivity index (χ2n) is 3.69. The molecule has 84 valence electrons. The lowest BCUT2D eigenvalue weighted by Gasteiger charge is -2.08. The zero-order valence-electron chi connectivity index (χ0n) is 9.19. The monoisotopic (exact) mass is 212 g/mol. The van der Waals surface area contributed by atoms with Gasteiger partial charge in [-0.2, -0.15) is 0 Å². The van der Waals surface area contributed by atoms with Crippen molar-refractivity contribution >= 4 is 11.9 Å². The van der Waals surface area contributed by atoms with E-state index in [0.717, 1.165) is 0 Å². The molecule has 15 heavy (non-hydrogen) atoms. The number of carboxylic acid groups (broad SMARTS) is 1. The van der Waals surface area contributed by atoms with Crippen molar-refractivity contribution in [3.8, 4) is 0 Å². The Kier molecular flexibility index (Phi) is 3.65. The molecule has 0 bridgehead atoms. The minimum Gasteiger partial charge on any atom is -0.481 e. The van der Waals surface area contributed by atoms with Crippen LogP contribution in [0.25, 0.3) is 0 Å². The van der Waals surface area contributed by atoms with Crippen LogP contribution in [-0.2, 0) is 18.3 Å². The summed E-state index contributed by atoms with van der Waals surface area (Å²) >= 11 is 0. The van der Waals surface area contributed by atoms with Crippen LogP contribution in [0.1, 0.15) is 26.1 Å². The molecule has 0 aliphatic carbocycles. The number of nitrogens with zero attached hydrogens (tertiary/aromatic N) is 3. The number of hydrogen-bond donors (Lipinski definition) is 2. The number of hydrogen-bond acceptors (Lipinski definition) is 4. The summed E-state index contributed by atoms with van der Waals surface area (Å²) in [6, 6.07) is 0.278. The van der Waals surface area contributed by atoms with Gasteiger partial charge >= 0.3 is 5.97 Å². The van der Waals surface area contributed by atoms with E-state index in [4.69, 9.17) is 5.11 Å². The van der Waals surface area contributed by atoms with Gasteiger partial charge in [-0.15, -0.1) is 10.2 Å². The second-order valence-corrected chi connectivity index (χ2v) is 3.69. The highest BCUT2D eigenvalue weighted by molar-refractivity contribution is 5.66. The molecule has 1 aromatic rings. The highest BCUT2D eigenvalue weighted by atomic mass is 16.4. The Hall–Kier alpha value is -1.59. The van der Waals surface area contributed by atoms with Crippen molar-refractivity contribution in [3.63, 3.8) is 0 Å². The van der Waals surface area contributed by atoms with Crippen LogP contribution in [0.15, 0.2) is 0 Å². The Morgan fingerprint density at radius 3 is 2.73 bits per heavy atom. The lowest BCUT2D eigenvalue weighted by molar-refractivity contribution is -0.137. The molecule has 0 saturated heterocycles. The van der Waals surface area contributed by atoms with Gasteiger partial charge < -0.3 is 15.0 Å². The van der Waals surface area contributed by atoms with Crippen molar-refractivity contribution in [1.82, 2.24) is 14.8 Å². The van der Waals surface area contributed by atoms with E-state index in [0.29, 0.717) is 18.2 Å². The minimum absolute atomic E-state index is 0.0770. The average molecular weight is 212 g/mol. The topological polar surface area (TPSA) is 80.0 Å². The van der Waals surface area contributed by atoms with Crippen LogP contribution in [-0.4, -0.2) is 31.9 Å². The van der Waals surface area contributed by atoms with Crippen molar-refractivity contribution < 1.29 is 9.90 Å². The van der Waals surface area contributed by atoms with Gasteiger partial charge in [0.05, 0.1) is 6.42 Å². The summed E-state index contributed by atoms with van der Waals surface area (Å²) < 4.78 is 1.78. The smallest absolute Gasteiger partial charge is 0.303 e. The molecule has 0 amide bonds. The first kappa shape index (κ1) is 11.5. The average Bonchev–Trinajstić information content (AvgIpc) is 2.44. The van der Waals surface area contributed by atoms with E-state index in [9.17, 15) is 4.79 Å². The van der Waals surface area contributed by atoms with Gasteiger partial charge in [0.2, 0.25) is 5.95 Å². The molecule has 0 spiro atoms. The van der Waals surface area contributed by atoms with Gasteiger partial charge in [-0.3, -0.25) is 4.79 Å². The Balaban J connectivity index is 2.66. The van der Waals surface area contributed by atoms with Gasteiger partial charge in [0, 0.05) is 19.5 Å². The molecule has 2 N–H and O–H groups in total. The maximum atomic E-state index is 10.4. The second kappa shape index (κ2) is 4.77. The third kappa shape index (κ3) is 3.23. The molecular formula is C9H16N4O2. The summed E-state index contributed by atoms with van der Waals surface area (Å²) in [5.41, 5.74) is 0. The van der Waals surface area contributed by atoms with Gasteiger partial charge in [-0.05, 0) is 13.8 Å². The normalized spacial score (nSPS) is 10.7. The Morgan fingerprint density at radius 1 is 1.53 bits per heavy atom. The molecule has 1 rings (SSSR count). The quantitative estimate of drug-likeness (QED) is 0.749. The maximum Gasteiger partial charge on any atom is 0.303 e. The molecular weight excluding hydrogens is 196 g/mol. The molecule has 0 aliphatic heterocycles. The highest BCUT2D eigenvalue weighted by Crippen LogP contribution is 2.07. The van der Waals surface area contributed by atoms with E-state index in [1.54, 1.807) is 4.57 Å². The number of nitrogens with one attached hydrogen (secondary N) is 1. The van der Waals surface area contributed by atoms with Crippen molar-refractivity contribution in [1.29, 1.82) is 0 Å². The Labute approximate surface area is 88.3 Å². The fraction of sp³-hybridized carbons (Fsp3) is 0.667. The zero-order chi connectivity index (χ0) is 11.4. The van der Waals surface area contributed by atoms with Gasteiger partial charge in [-0.25, -0.2) is 0 Å². The Bertz CT molecular complexity index is 346. The van der Waals surface area contributed by atoms with Crippen LogP contribution in [0.5, 0.6) is 0 Å². The van der Waals surface area contributed by atoms with E-state index >= 15 is 0 Å². The number of carboxylic acids is 1. The van der Waals surface area contributed by atoms with E-state index in [1.165, 1.54) is 0 Å². The first-order chi connectivity index (χ1) is 7.00. The summed E-state index contributed by atoms with van der Waals surface area (Å²) in [6.45, 7) is 4.01. The molecule has 0 atom stereocenters. The molecule has 6 nitrogen and oxygen atoms in total. The summed E-state index contributed by atoms with van der Waals surface area (Å²) in [5, 5.41) is 19.5. The molecule has 0 saturated carbocycles. The third-order valence-electron chi connectivity index (χ3n) is 1.95.